The highest BCUT2D eigenvalue weighted by Crippen LogP contribution is 2.10. The van der Waals surface area contributed by atoms with Crippen molar-refractivity contribution in [1.29, 1.82) is 0 Å². The van der Waals surface area contributed by atoms with Crippen LogP contribution in [0.25, 0.3) is 11.0 Å². The summed E-state index contributed by atoms with van der Waals surface area (Å²) in [6.07, 6.45) is 1.53. The Morgan fingerprint density at radius 1 is 1.50 bits per heavy atom. The molecular weight excluding hydrogens is 363 g/mol. The summed E-state index contributed by atoms with van der Waals surface area (Å²) in [4.78, 5) is 22.8. The van der Waals surface area contributed by atoms with Crippen molar-refractivity contribution in [1.82, 2.24) is 15.3 Å². The molecule has 0 spiro atoms. The second-order valence-corrected chi connectivity index (χ2v) is 4.43. The van der Waals surface area contributed by atoms with Gasteiger partial charge in [0, 0.05) is 6.20 Å². The predicted octanol–water partition coefficient (Wildman–Crippen LogP) is 2.48. The van der Waals surface area contributed by atoms with E-state index in [1.54, 1.807) is 4.08 Å². The van der Waals surface area contributed by atoms with Crippen LogP contribution >= 0.6 is 35.2 Å². The highest BCUT2D eigenvalue weighted by molar-refractivity contribution is 14.1. The van der Waals surface area contributed by atoms with E-state index in [0.29, 0.717) is 0 Å². The molecule has 1 amide bonds. The van der Waals surface area contributed by atoms with Crippen molar-refractivity contribution in [2.24, 2.45) is 4.99 Å². The second kappa shape index (κ2) is 6.01. The van der Waals surface area contributed by atoms with E-state index in [0.717, 1.165) is 11.0 Å². The highest BCUT2D eigenvalue weighted by atomic mass is 127. The van der Waals surface area contributed by atoms with Gasteiger partial charge >= 0.3 is 0 Å². The largest absolute Gasteiger partial charge is 0.334 e. The van der Waals surface area contributed by atoms with Gasteiger partial charge in [-0.05, 0) is 16.2 Å². The summed E-state index contributed by atoms with van der Waals surface area (Å²) >= 11 is 6.06. The van der Waals surface area contributed by atoms with E-state index in [4.69, 9.17) is 0 Å². The van der Waals surface area contributed by atoms with Crippen molar-refractivity contribution in [3.8, 4) is 0 Å². The van der Waals surface area contributed by atoms with Gasteiger partial charge in [0.2, 0.25) is 0 Å². The summed E-state index contributed by atoms with van der Waals surface area (Å²) in [6.45, 7) is 0. The number of aromatic amines is 1. The van der Waals surface area contributed by atoms with Crippen molar-refractivity contribution in [3.63, 3.8) is 0 Å². The number of benzene rings is 1. The lowest BCUT2D eigenvalue weighted by atomic mass is 10.3. The Balaban J connectivity index is 2.18. The number of H-pyrrole nitrogens is 1. The fourth-order valence-corrected chi connectivity index (χ4v) is 1.68. The first-order valence-electron chi connectivity index (χ1n) is 4.99. The smallest absolute Gasteiger partial charge is 0.293 e. The van der Waals surface area contributed by atoms with Crippen LogP contribution in [0.15, 0.2) is 39.5 Å². The minimum absolute atomic E-state index is 0.216. The van der Waals surface area contributed by atoms with Gasteiger partial charge in [-0.3, -0.25) is 10.1 Å². The van der Waals surface area contributed by atoms with Crippen LogP contribution in [0, 0.1) is 0 Å². The van der Waals surface area contributed by atoms with Crippen molar-refractivity contribution in [2.75, 3.05) is 0 Å². The molecule has 7 heteroatoms. The van der Waals surface area contributed by atoms with Crippen LogP contribution in [-0.2, 0) is 0 Å². The van der Waals surface area contributed by atoms with Gasteiger partial charge in [0.25, 0.3) is 5.91 Å². The quantitative estimate of drug-likeness (QED) is 0.328. The zero-order valence-corrected chi connectivity index (χ0v) is 12.1. The third kappa shape index (κ3) is 3.10. The van der Waals surface area contributed by atoms with Gasteiger partial charge in [0.05, 0.1) is 11.0 Å². The van der Waals surface area contributed by atoms with E-state index < -0.39 is 0 Å². The van der Waals surface area contributed by atoms with E-state index in [9.17, 15) is 4.79 Å². The molecule has 0 aliphatic rings. The van der Waals surface area contributed by atoms with Crippen LogP contribution < -0.4 is 5.32 Å². The summed E-state index contributed by atoms with van der Waals surface area (Å²) in [5, 5.41) is 2.73. The van der Waals surface area contributed by atoms with Gasteiger partial charge in [-0.1, -0.05) is 34.7 Å². The van der Waals surface area contributed by atoms with Crippen LogP contribution in [0.1, 0.15) is 10.6 Å². The monoisotopic (exact) mass is 372 g/mol. The molecule has 0 fully saturated rings. The van der Waals surface area contributed by atoms with E-state index >= 15 is 0 Å². The van der Waals surface area contributed by atoms with Crippen molar-refractivity contribution >= 4 is 57.3 Å². The number of para-hydroxylation sites is 2. The molecule has 2 rings (SSSR count). The number of nitrogens with zero attached hydrogens (tertiary/aromatic N) is 2. The Morgan fingerprint density at radius 2 is 2.28 bits per heavy atom. The molecular formula is C11H9IN4OS. The Hall–Kier alpha value is -1.35. The minimum Gasteiger partial charge on any atom is -0.334 e. The summed E-state index contributed by atoms with van der Waals surface area (Å²) in [6, 6.07) is 7.42. The summed E-state index contributed by atoms with van der Waals surface area (Å²) < 4.78 is 1.71. The molecule has 18 heavy (non-hydrogen) atoms. The Labute approximate surface area is 122 Å². The fraction of sp³-hybridized carbons (Fsp3) is 0. The van der Waals surface area contributed by atoms with Crippen LogP contribution in [0.3, 0.4) is 0 Å². The average molecular weight is 372 g/mol. The predicted molar refractivity (Wildman–Crippen MR) is 83.1 cm³/mol. The van der Waals surface area contributed by atoms with Crippen molar-refractivity contribution in [2.45, 2.75) is 0 Å². The topological polar surface area (TPSA) is 70.1 Å². The fourth-order valence-electron chi connectivity index (χ4n) is 1.35. The van der Waals surface area contributed by atoms with Crippen LogP contribution in [0.5, 0.6) is 0 Å². The number of nitrogens with one attached hydrogen (secondary N) is 2. The Morgan fingerprint density at radius 3 is 3.00 bits per heavy atom. The zero-order chi connectivity index (χ0) is 13.0. The first-order chi connectivity index (χ1) is 8.70. The first kappa shape index (κ1) is 13.1. The molecule has 0 atom stereocenters. The molecule has 0 aliphatic heterocycles. The summed E-state index contributed by atoms with van der Waals surface area (Å²) in [5.41, 5.74) is 1.56. The van der Waals surface area contributed by atoms with E-state index in [1.165, 1.54) is 6.20 Å². The van der Waals surface area contributed by atoms with Crippen LogP contribution in [-0.4, -0.2) is 21.0 Å². The minimum atomic E-state index is -0.373. The molecule has 1 aromatic heterocycles. The Kier molecular flexibility index (Phi) is 4.37. The van der Waals surface area contributed by atoms with Crippen molar-refractivity contribution < 1.29 is 4.79 Å². The number of carbonyl (C=O) groups is 1. The number of fused-ring (bicyclic) bond motifs is 1. The number of carbonyl (C=O) groups excluding carboxylic acids is 1. The molecule has 0 unspecified atom stereocenters. The molecule has 0 radical (unpaired) electrons. The molecule has 5 nitrogen and oxygen atoms in total. The standard InChI is InChI=1S/C11H9IN4OS/c12-5-6-13-11(18)16-10(17)9-14-7-3-1-2-4-8(7)15-9/h1-6H,(H,14,15)(H2,13,16,17,18)/b6-5-. The number of aliphatic imine (C=N–C) groups is 1. The maximum atomic E-state index is 11.8. The SMILES string of the molecule is O=C(N/C(S)=N/C=C\I)c1nc2ccccc2[nH]1. The number of thiol groups is 1. The maximum absolute atomic E-state index is 11.8. The van der Waals surface area contributed by atoms with Gasteiger partial charge in [-0.2, -0.15) is 0 Å². The van der Waals surface area contributed by atoms with E-state index in [1.807, 2.05) is 46.9 Å². The zero-order valence-electron chi connectivity index (χ0n) is 9.09. The molecule has 1 heterocycles. The van der Waals surface area contributed by atoms with Gasteiger partial charge in [0.1, 0.15) is 0 Å². The molecule has 0 aliphatic carbocycles. The van der Waals surface area contributed by atoms with Gasteiger partial charge in [0.15, 0.2) is 11.0 Å². The van der Waals surface area contributed by atoms with E-state index in [2.05, 4.69) is 32.9 Å². The first-order valence-corrected chi connectivity index (χ1v) is 6.68. The second-order valence-electron chi connectivity index (χ2n) is 3.28. The average Bonchev–Trinajstić information content (AvgIpc) is 2.80. The summed E-state index contributed by atoms with van der Waals surface area (Å²) in [5.74, 6) is -0.141. The number of halogens is 1. The van der Waals surface area contributed by atoms with Crippen LogP contribution in [0.4, 0.5) is 0 Å². The number of amidine groups is 1. The molecule has 0 saturated carbocycles. The third-order valence-corrected chi connectivity index (χ3v) is 2.63. The number of aromatic nitrogens is 2. The number of hydrogen-bond acceptors (Lipinski definition) is 3. The van der Waals surface area contributed by atoms with Gasteiger partial charge in [-0.25, -0.2) is 9.98 Å². The molecule has 1 aromatic carbocycles. The molecule has 0 bridgehead atoms. The Bertz CT molecular complexity index is 602. The van der Waals surface area contributed by atoms with Gasteiger partial charge < -0.3 is 4.98 Å². The highest BCUT2D eigenvalue weighted by Gasteiger charge is 2.11. The number of amides is 1. The lowest BCUT2D eigenvalue weighted by Gasteiger charge is -1.98. The third-order valence-electron chi connectivity index (χ3n) is 2.08. The maximum Gasteiger partial charge on any atom is 0.293 e. The molecule has 2 N–H and O–H groups in total. The van der Waals surface area contributed by atoms with Gasteiger partial charge in [-0.15, -0.1) is 12.6 Å². The van der Waals surface area contributed by atoms with E-state index in [-0.39, 0.29) is 16.9 Å². The molecule has 0 saturated heterocycles. The molecule has 92 valence electrons. The molecule has 2 aromatic rings. The lowest BCUT2D eigenvalue weighted by Crippen LogP contribution is -2.27. The normalized spacial score (nSPS) is 12.2. The van der Waals surface area contributed by atoms with Crippen LogP contribution in [0.2, 0.25) is 0 Å². The summed E-state index contributed by atoms with van der Waals surface area (Å²) in [7, 11) is 0. The number of rotatable bonds is 2. The number of imidazole rings is 1. The lowest BCUT2D eigenvalue weighted by molar-refractivity contribution is 0.0969. The number of hydrogen-bond donors (Lipinski definition) is 3. The van der Waals surface area contributed by atoms with Crippen molar-refractivity contribution in [3.05, 3.63) is 40.4 Å².